The fraction of sp³-hybridized carbons (Fsp3) is 0.462. The topological polar surface area (TPSA) is 52.3 Å². The van der Waals surface area contributed by atoms with Gasteiger partial charge in [-0.25, -0.2) is 0 Å². The number of benzene rings is 1. The van der Waals surface area contributed by atoms with Gasteiger partial charge in [-0.2, -0.15) is 0 Å². The van der Waals surface area contributed by atoms with Crippen molar-refractivity contribution in [2.75, 3.05) is 5.73 Å². The normalized spacial score (nSPS) is 24.6. The van der Waals surface area contributed by atoms with Gasteiger partial charge in [-0.15, -0.1) is 0 Å². The maximum Gasteiger partial charge on any atom is 0.191 e. The zero-order valence-electron chi connectivity index (χ0n) is 9.69. The number of carbonyl (C=O) groups excluding carboxylic acids is 1. The van der Waals surface area contributed by atoms with E-state index in [2.05, 4.69) is 0 Å². The van der Waals surface area contributed by atoms with Crippen LogP contribution >= 0.6 is 0 Å². The molecule has 1 fully saturated rings. The maximum atomic E-state index is 12.1. The fourth-order valence-electron chi connectivity index (χ4n) is 2.01. The number of hydrogen-bond acceptors (Lipinski definition) is 3. The molecule has 0 saturated carbocycles. The number of rotatable bonds is 2. The van der Waals surface area contributed by atoms with E-state index in [-0.39, 0.29) is 18.0 Å². The number of nitrogen functional groups attached to an aromatic ring is 1. The first kappa shape index (κ1) is 11.1. The molecule has 2 rings (SSSR count). The lowest BCUT2D eigenvalue weighted by Crippen LogP contribution is -2.20. The number of ketones is 1. The van der Waals surface area contributed by atoms with Crippen LogP contribution in [0, 0.1) is 6.92 Å². The highest BCUT2D eigenvalue weighted by Crippen LogP contribution is 2.23. The standard InChI is InChI=1S/C13H17NO2/c1-8-7-10(4-5-11(8)14)13(15)12-6-3-9(2)16-12/h4-5,7,9,12H,3,6,14H2,1-2H3. The van der Waals surface area contributed by atoms with Gasteiger partial charge in [-0.3, -0.25) is 4.79 Å². The molecule has 0 spiro atoms. The Labute approximate surface area is 95.6 Å². The van der Waals surface area contributed by atoms with Crippen LogP contribution < -0.4 is 5.73 Å². The zero-order chi connectivity index (χ0) is 11.7. The Hall–Kier alpha value is -1.35. The van der Waals surface area contributed by atoms with Crippen molar-refractivity contribution in [1.82, 2.24) is 0 Å². The quantitative estimate of drug-likeness (QED) is 0.613. The molecule has 1 aromatic carbocycles. The summed E-state index contributed by atoms with van der Waals surface area (Å²) in [5.74, 6) is 0.0763. The van der Waals surface area contributed by atoms with Gasteiger partial charge in [-0.1, -0.05) is 0 Å². The van der Waals surface area contributed by atoms with Crippen LogP contribution in [0.2, 0.25) is 0 Å². The predicted octanol–water partition coefficient (Wildman–Crippen LogP) is 2.33. The molecule has 0 aromatic heterocycles. The Morgan fingerprint density at radius 3 is 2.75 bits per heavy atom. The lowest BCUT2D eigenvalue weighted by atomic mass is 10.0. The van der Waals surface area contributed by atoms with Gasteiger partial charge in [0.05, 0.1) is 6.10 Å². The number of nitrogens with two attached hydrogens (primary N) is 1. The van der Waals surface area contributed by atoms with Gasteiger partial charge >= 0.3 is 0 Å². The van der Waals surface area contributed by atoms with Crippen LogP contribution in [0.5, 0.6) is 0 Å². The highest BCUT2D eigenvalue weighted by molar-refractivity contribution is 6.00. The first-order valence-electron chi connectivity index (χ1n) is 5.63. The van der Waals surface area contributed by atoms with E-state index in [0.717, 1.165) is 24.1 Å². The second-order valence-corrected chi connectivity index (χ2v) is 4.45. The van der Waals surface area contributed by atoms with Gasteiger partial charge in [0.1, 0.15) is 6.10 Å². The van der Waals surface area contributed by atoms with Crippen LogP contribution in [0.15, 0.2) is 18.2 Å². The second-order valence-electron chi connectivity index (χ2n) is 4.45. The SMILES string of the molecule is Cc1cc(C(=O)C2CCC(C)O2)ccc1N. The molecule has 1 aromatic rings. The third kappa shape index (κ3) is 2.09. The molecule has 2 atom stereocenters. The average Bonchev–Trinajstić information content (AvgIpc) is 2.68. The second kappa shape index (κ2) is 4.26. The van der Waals surface area contributed by atoms with E-state index in [0.29, 0.717) is 5.56 Å². The molecule has 0 radical (unpaired) electrons. The number of anilines is 1. The summed E-state index contributed by atoms with van der Waals surface area (Å²) in [4.78, 5) is 12.1. The fourth-order valence-corrected chi connectivity index (χ4v) is 2.01. The Bertz CT molecular complexity index is 414. The van der Waals surface area contributed by atoms with Gasteiger partial charge in [-0.05, 0) is 50.5 Å². The summed E-state index contributed by atoms with van der Waals surface area (Å²) in [5.41, 5.74) is 8.08. The van der Waals surface area contributed by atoms with Crippen LogP contribution in [0.1, 0.15) is 35.7 Å². The molecule has 1 aliphatic rings. The number of hydrogen-bond donors (Lipinski definition) is 1. The van der Waals surface area contributed by atoms with E-state index in [1.54, 1.807) is 12.1 Å². The molecule has 1 saturated heterocycles. The van der Waals surface area contributed by atoms with E-state index in [1.807, 2.05) is 19.9 Å². The summed E-state index contributed by atoms with van der Waals surface area (Å²) >= 11 is 0. The molecule has 16 heavy (non-hydrogen) atoms. The zero-order valence-corrected chi connectivity index (χ0v) is 9.69. The molecule has 2 unspecified atom stereocenters. The maximum absolute atomic E-state index is 12.1. The number of aryl methyl sites for hydroxylation is 1. The Morgan fingerprint density at radius 2 is 2.19 bits per heavy atom. The van der Waals surface area contributed by atoms with Crippen LogP contribution in [-0.4, -0.2) is 18.0 Å². The van der Waals surface area contributed by atoms with E-state index in [4.69, 9.17) is 10.5 Å². The number of ether oxygens (including phenoxy) is 1. The predicted molar refractivity (Wildman–Crippen MR) is 63.5 cm³/mol. The first-order valence-corrected chi connectivity index (χ1v) is 5.63. The van der Waals surface area contributed by atoms with Crippen LogP contribution in [0.4, 0.5) is 5.69 Å². The summed E-state index contributed by atoms with van der Waals surface area (Å²) in [6.07, 6.45) is 1.72. The van der Waals surface area contributed by atoms with E-state index >= 15 is 0 Å². The minimum absolute atomic E-state index is 0.0763. The third-order valence-corrected chi connectivity index (χ3v) is 3.08. The summed E-state index contributed by atoms with van der Waals surface area (Å²) < 4.78 is 5.57. The Kier molecular flexibility index (Phi) is 2.97. The molecule has 1 heterocycles. The van der Waals surface area contributed by atoms with Crippen molar-refractivity contribution in [2.45, 2.75) is 38.9 Å². The van der Waals surface area contributed by atoms with Gasteiger partial charge in [0.2, 0.25) is 0 Å². The molecule has 3 nitrogen and oxygen atoms in total. The molecule has 2 N–H and O–H groups in total. The van der Waals surface area contributed by atoms with Crippen molar-refractivity contribution in [2.24, 2.45) is 0 Å². The van der Waals surface area contributed by atoms with Crippen molar-refractivity contribution < 1.29 is 9.53 Å². The molecule has 0 aliphatic carbocycles. The number of Topliss-reactive ketones (excluding diaryl/α,β-unsaturated/α-hetero) is 1. The molecule has 3 heteroatoms. The molecule has 0 amide bonds. The third-order valence-electron chi connectivity index (χ3n) is 3.08. The summed E-state index contributed by atoms with van der Waals surface area (Å²) in [5, 5.41) is 0. The molecular weight excluding hydrogens is 202 g/mol. The minimum Gasteiger partial charge on any atom is -0.399 e. The highest BCUT2D eigenvalue weighted by Gasteiger charge is 2.28. The van der Waals surface area contributed by atoms with Gasteiger partial charge in [0.15, 0.2) is 5.78 Å². The lowest BCUT2D eigenvalue weighted by molar-refractivity contribution is 0.0433. The first-order chi connectivity index (χ1) is 7.58. The molecule has 1 aliphatic heterocycles. The lowest BCUT2D eigenvalue weighted by Gasteiger charge is -2.11. The van der Waals surface area contributed by atoms with Gasteiger partial charge < -0.3 is 10.5 Å². The summed E-state index contributed by atoms with van der Waals surface area (Å²) in [7, 11) is 0. The number of carbonyl (C=O) groups is 1. The smallest absolute Gasteiger partial charge is 0.191 e. The Morgan fingerprint density at radius 1 is 1.44 bits per heavy atom. The van der Waals surface area contributed by atoms with E-state index in [1.165, 1.54) is 0 Å². The molecule has 0 bridgehead atoms. The van der Waals surface area contributed by atoms with Crippen LogP contribution in [0.25, 0.3) is 0 Å². The minimum atomic E-state index is -0.266. The van der Waals surface area contributed by atoms with Crippen molar-refractivity contribution in [3.05, 3.63) is 29.3 Å². The largest absolute Gasteiger partial charge is 0.399 e. The highest BCUT2D eigenvalue weighted by atomic mass is 16.5. The van der Waals surface area contributed by atoms with Crippen molar-refractivity contribution in [3.63, 3.8) is 0 Å². The molecule has 86 valence electrons. The molecular formula is C13H17NO2. The van der Waals surface area contributed by atoms with Crippen molar-refractivity contribution in [3.8, 4) is 0 Å². The summed E-state index contributed by atoms with van der Waals surface area (Å²) in [6, 6.07) is 5.39. The van der Waals surface area contributed by atoms with Crippen LogP contribution in [-0.2, 0) is 4.74 Å². The monoisotopic (exact) mass is 219 g/mol. The van der Waals surface area contributed by atoms with Crippen LogP contribution in [0.3, 0.4) is 0 Å². The summed E-state index contributed by atoms with van der Waals surface area (Å²) in [6.45, 7) is 3.91. The average molecular weight is 219 g/mol. The van der Waals surface area contributed by atoms with Crippen molar-refractivity contribution >= 4 is 11.5 Å². The Balaban J connectivity index is 2.18. The van der Waals surface area contributed by atoms with Gasteiger partial charge in [0, 0.05) is 11.3 Å². The van der Waals surface area contributed by atoms with Gasteiger partial charge in [0.25, 0.3) is 0 Å². The van der Waals surface area contributed by atoms with E-state index in [9.17, 15) is 4.79 Å². The van der Waals surface area contributed by atoms with E-state index < -0.39 is 0 Å². The van der Waals surface area contributed by atoms with Crippen molar-refractivity contribution in [1.29, 1.82) is 0 Å².